The van der Waals surface area contributed by atoms with E-state index in [1.54, 1.807) is 0 Å². The molecule has 1 nitrogen and oxygen atoms in total. The van der Waals surface area contributed by atoms with Crippen LogP contribution >= 0.6 is 0 Å². The molecule has 0 saturated carbocycles. The summed E-state index contributed by atoms with van der Waals surface area (Å²) in [6.07, 6.45) is 3.83. The van der Waals surface area contributed by atoms with E-state index >= 15 is 0 Å². The van der Waals surface area contributed by atoms with Gasteiger partial charge in [-0.2, -0.15) is 0 Å². The zero-order chi connectivity index (χ0) is 9.40. The van der Waals surface area contributed by atoms with Gasteiger partial charge < -0.3 is 0 Å². The van der Waals surface area contributed by atoms with Gasteiger partial charge in [-0.1, -0.05) is 6.42 Å². The topological polar surface area (TPSA) is 3.24 Å². The first kappa shape index (κ1) is 11.6. The van der Waals surface area contributed by atoms with E-state index in [0.29, 0.717) is 12.6 Å². The van der Waals surface area contributed by atoms with Gasteiger partial charge in [-0.3, -0.25) is 4.90 Å². The molecule has 0 aromatic rings. The number of hydrogen-bond acceptors (Lipinski definition) is 1. The summed E-state index contributed by atoms with van der Waals surface area (Å²) in [4.78, 5) is 2.24. The van der Waals surface area contributed by atoms with Crippen molar-refractivity contribution in [1.82, 2.24) is 4.90 Å². The summed E-state index contributed by atoms with van der Waals surface area (Å²) in [6.45, 7) is 9.74. The van der Waals surface area contributed by atoms with Crippen LogP contribution < -0.4 is 0 Å². The van der Waals surface area contributed by atoms with E-state index in [-0.39, 0.29) is 6.67 Å². The fourth-order valence-corrected chi connectivity index (χ4v) is 1.60. The molecule has 0 aromatic heterocycles. The van der Waals surface area contributed by atoms with Gasteiger partial charge in [0.25, 0.3) is 0 Å². The third-order valence-corrected chi connectivity index (χ3v) is 2.31. The minimum absolute atomic E-state index is 0.190. The molecule has 1 fully saturated rings. The Kier molecular flexibility index (Phi) is 7.06. The van der Waals surface area contributed by atoms with E-state index in [1.807, 2.05) is 0 Å². The van der Waals surface area contributed by atoms with Gasteiger partial charge in [0.2, 0.25) is 0 Å². The zero-order valence-corrected chi connectivity index (χ0v) is 8.06. The number of rotatable bonds is 2. The lowest BCUT2D eigenvalue weighted by molar-refractivity contribution is 0.149. The molecule has 0 N–H and O–H groups in total. The summed E-state index contributed by atoms with van der Waals surface area (Å²) in [5.74, 6) is 0. The summed E-state index contributed by atoms with van der Waals surface area (Å²) >= 11 is 0. The SMILES string of the molecule is C=C.C[C@@H]1CCCCN1CCF. The lowest BCUT2D eigenvalue weighted by atomic mass is 10.0. The lowest BCUT2D eigenvalue weighted by Gasteiger charge is -2.32. The molecule has 1 aliphatic rings. The number of halogens is 1. The fraction of sp³-hybridized carbons (Fsp3) is 0.800. The summed E-state index contributed by atoms with van der Waals surface area (Å²) < 4.78 is 11.9. The summed E-state index contributed by atoms with van der Waals surface area (Å²) in [6, 6.07) is 0.615. The average Bonchev–Trinajstić information content (AvgIpc) is 2.13. The highest BCUT2D eigenvalue weighted by Crippen LogP contribution is 2.15. The van der Waals surface area contributed by atoms with Crippen LogP contribution in [0.3, 0.4) is 0 Å². The zero-order valence-electron chi connectivity index (χ0n) is 8.06. The van der Waals surface area contributed by atoms with Crippen LogP contribution in [0.2, 0.25) is 0 Å². The second-order valence-electron chi connectivity index (χ2n) is 3.07. The van der Waals surface area contributed by atoms with E-state index in [4.69, 9.17) is 0 Å². The minimum atomic E-state index is -0.190. The smallest absolute Gasteiger partial charge is 0.102 e. The van der Waals surface area contributed by atoms with Gasteiger partial charge in [0, 0.05) is 12.6 Å². The molecule has 1 saturated heterocycles. The highest BCUT2D eigenvalue weighted by Gasteiger charge is 2.16. The minimum Gasteiger partial charge on any atom is -0.298 e. The Morgan fingerprint density at radius 3 is 2.58 bits per heavy atom. The molecule has 0 bridgehead atoms. The van der Waals surface area contributed by atoms with Gasteiger partial charge in [-0.15, -0.1) is 13.2 Å². The Bertz CT molecular complexity index is 104. The van der Waals surface area contributed by atoms with Crippen molar-refractivity contribution >= 4 is 0 Å². The van der Waals surface area contributed by atoms with Crippen LogP contribution in [0.4, 0.5) is 4.39 Å². The van der Waals surface area contributed by atoms with Gasteiger partial charge in [0.15, 0.2) is 0 Å². The number of nitrogens with zero attached hydrogens (tertiary/aromatic N) is 1. The first-order valence-corrected chi connectivity index (χ1v) is 4.64. The van der Waals surface area contributed by atoms with Crippen LogP contribution in [0, 0.1) is 0 Å². The molecule has 0 spiro atoms. The lowest BCUT2D eigenvalue weighted by Crippen LogP contribution is -2.38. The second-order valence-corrected chi connectivity index (χ2v) is 3.07. The van der Waals surface area contributed by atoms with Crippen LogP contribution in [0.5, 0.6) is 0 Å². The maximum atomic E-state index is 11.9. The molecule has 1 atom stereocenters. The molecule has 1 rings (SSSR count). The van der Waals surface area contributed by atoms with Crippen LogP contribution in [-0.4, -0.2) is 30.7 Å². The van der Waals surface area contributed by atoms with Crippen LogP contribution in [-0.2, 0) is 0 Å². The first-order chi connectivity index (χ1) is 5.84. The van der Waals surface area contributed by atoms with Gasteiger partial charge in [-0.25, -0.2) is 4.39 Å². The predicted octanol–water partition coefficient (Wildman–Crippen LogP) is 2.63. The molecule has 2 heteroatoms. The van der Waals surface area contributed by atoms with Gasteiger partial charge >= 0.3 is 0 Å². The van der Waals surface area contributed by atoms with Crippen molar-refractivity contribution in [2.45, 2.75) is 32.2 Å². The van der Waals surface area contributed by atoms with Gasteiger partial charge in [0.1, 0.15) is 6.67 Å². The van der Waals surface area contributed by atoms with E-state index in [0.717, 1.165) is 6.54 Å². The van der Waals surface area contributed by atoms with Crippen molar-refractivity contribution in [3.8, 4) is 0 Å². The molecule has 0 amide bonds. The summed E-state index contributed by atoms with van der Waals surface area (Å²) in [7, 11) is 0. The van der Waals surface area contributed by atoms with Crippen molar-refractivity contribution in [2.75, 3.05) is 19.8 Å². The molecular weight excluding hydrogens is 153 g/mol. The highest BCUT2D eigenvalue weighted by molar-refractivity contribution is 4.72. The van der Waals surface area contributed by atoms with Crippen LogP contribution in [0.25, 0.3) is 0 Å². The average molecular weight is 173 g/mol. The van der Waals surface area contributed by atoms with Crippen LogP contribution in [0.15, 0.2) is 13.2 Å². The largest absolute Gasteiger partial charge is 0.298 e. The van der Waals surface area contributed by atoms with E-state index in [9.17, 15) is 4.39 Å². The van der Waals surface area contributed by atoms with E-state index in [2.05, 4.69) is 25.0 Å². The van der Waals surface area contributed by atoms with E-state index < -0.39 is 0 Å². The molecule has 12 heavy (non-hydrogen) atoms. The summed E-state index contributed by atoms with van der Waals surface area (Å²) in [5, 5.41) is 0. The second kappa shape index (κ2) is 7.29. The number of hydrogen-bond donors (Lipinski definition) is 0. The standard InChI is InChI=1S/C8H16FN.C2H4/c1-8-4-2-3-6-10(8)7-5-9;1-2/h8H,2-7H2,1H3;1-2H2/t8-;/m1./s1. The van der Waals surface area contributed by atoms with Crippen LogP contribution in [0.1, 0.15) is 26.2 Å². The highest BCUT2D eigenvalue weighted by atomic mass is 19.1. The monoisotopic (exact) mass is 173 g/mol. The molecule has 1 heterocycles. The molecule has 0 aromatic carbocycles. The van der Waals surface area contributed by atoms with Crippen molar-refractivity contribution in [1.29, 1.82) is 0 Å². The third-order valence-electron chi connectivity index (χ3n) is 2.31. The normalized spacial score (nSPS) is 24.3. The number of likely N-dealkylation sites (tertiary alicyclic amines) is 1. The van der Waals surface area contributed by atoms with E-state index in [1.165, 1.54) is 19.3 Å². The predicted molar refractivity (Wildman–Crippen MR) is 52.1 cm³/mol. The Morgan fingerprint density at radius 1 is 1.42 bits per heavy atom. The molecule has 0 aliphatic carbocycles. The fourth-order valence-electron chi connectivity index (χ4n) is 1.60. The summed E-state index contributed by atoms with van der Waals surface area (Å²) in [5.41, 5.74) is 0. The Labute approximate surface area is 75.3 Å². The molecular formula is C10H20FN. The maximum absolute atomic E-state index is 11.9. The Balaban J connectivity index is 0.000000561. The van der Waals surface area contributed by atoms with Gasteiger partial charge in [-0.05, 0) is 26.3 Å². The van der Waals surface area contributed by atoms with Gasteiger partial charge in [0.05, 0.1) is 0 Å². The number of piperidine rings is 1. The molecule has 1 aliphatic heterocycles. The first-order valence-electron chi connectivity index (χ1n) is 4.64. The molecule has 0 radical (unpaired) electrons. The molecule has 0 unspecified atom stereocenters. The third kappa shape index (κ3) is 3.86. The quantitative estimate of drug-likeness (QED) is 0.580. The van der Waals surface area contributed by atoms with Crippen molar-refractivity contribution in [2.24, 2.45) is 0 Å². The van der Waals surface area contributed by atoms with Crippen molar-refractivity contribution in [3.05, 3.63) is 13.2 Å². The molecule has 72 valence electrons. The maximum Gasteiger partial charge on any atom is 0.102 e. The van der Waals surface area contributed by atoms with Crippen molar-refractivity contribution < 1.29 is 4.39 Å². The Hall–Kier alpha value is -0.370. The van der Waals surface area contributed by atoms with Crippen molar-refractivity contribution in [3.63, 3.8) is 0 Å². The number of alkyl halides is 1. The Morgan fingerprint density at radius 2 is 2.08 bits per heavy atom.